The van der Waals surface area contributed by atoms with Crippen molar-refractivity contribution in [3.63, 3.8) is 0 Å². The number of halogens is 1. The van der Waals surface area contributed by atoms with E-state index in [2.05, 4.69) is 38.4 Å². The van der Waals surface area contributed by atoms with Crippen LogP contribution in [0, 0.1) is 0 Å². The van der Waals surface area contributed by atoms with E-state index in [4.69, 9.17) is 5.73 Å². The molecule has 0 radical (unpaired) electrons. The van der Waals surface area contributed by atoms with E-state index in [0.29, 0.717) is 12.0 Å². The molecule has 104 valence electrons. The Morgan fingerprint density at radius 1 is 1.42 bits per heavy atom. The molecule has 3 rings (SSSR count). The number of aliphatic imine (C=N–C) groups is 1. The Kier molecular flexibility index (Phi) is 3.85. The molecule has 3 N–H and O–H groups in total. The van der Waals surface area contributed by atoms with E-state index in [1.54, 1.807) is 0 Å². The van der Waals surface area contributed by atoms with Gasteiger partial charge in [-0.3, -0.25) is 4.99 Å². The largest absolute Gasteiger partial charge is 0.370 e. The van der Waals surface area contributed by atoms with Crippen molar-refractivity contribution in [2.75, 3.05) is 6.54 Å². The zero-order valence-corrected chi connectivity index (χ0v) is 13.4. The van der Waals surface area contributed by atoms with Crippen molar-refractivity contribution >= 4 is 33.2 Å². The summed E-state index contributed by atoms with van der Waals surface area (Å²) in [7, 11) is 0. The standard InChI is InChI=1S/C14H20BrN3S/c15-12-6-5-11(19-12)14(7-2-8-14)9-17-13(16)18-10-3-1-4-10/h5-6,10H,1-4,7-9H2,(H3,16,17,18). The van der Waals surface area contributed by atoms with Crippen molar-refractivity contribution in [1.82, 2.24) is 5.32 Å². The lowest BCUT2D eigenvalue weighted by Gasteiger charge is -2.40. The molecule has 2 fully saturated rings. The number of rotatable bonds is 4. The van der Waals surface area contributed by atoms with Gasteiger partial charge in [0.25, 0.3) is 0 Å². The van der Waals surface area contributed by atoms with E-state index in [1.807, 2.05) is 11.3 Å². The Bertz CT molecular complexity index is 475. The van der Waals surface area contributed by atoms with Gasteiger partial charge in [-0.05, 0) is 60.2 Å². The van der Waals surface area contributed by atoms with E-state index in [9.17, 15) is 0 Å². The molecule has 0 aromatic carbocycles. The SMILES string of the molecule is NC(=NCC1(c2ccc(Br)s2)CCC1)NC1CCC1. The second kappa shape index (κ2) is 5.44. The summed E-state index contributed by atoms with van der Waals surface area (Å²) in [6.07, 6.45) is 7.57. The number of nitrogens with zero attached hydrogens (tertiary/aromatic N) is 1. The quantitative estimate of drug-likeness (QED) is 0.651. The van der Waals surface area contributed by atoms with Gasteiger partial charge in [-0.1, -0.05) is 6.42 Å². The molecule has 0 atom stereocenters. The van der Waals surface area contributed by atoms with Crippen LogP contribution in [0.2, 0.25) is 0 Å². The van der Waals surface area contributed by atoms with Crippen LogP contribution in [0.4, 0.5) is 0 Å². The van der Waals surface area contributed by atoms with Crippen LogP contribution in [0.25, 0.3) is 0 Å². The molecule has 2 aliphatic carbocycles. The molecule has 1 heterocycles. The third-order valence-corrected chi connectivity index (χ3v) is 6.29. The molecule has 0 amide bonds. The number of nitrogens with two attached hydrogens (primary N) is 1. The predicted octanol–water partition coefficient (Wildman–Crippen LogP) is 3.39. The first-order valence-electron chi connectivity index (χ1n) is 7.00. The van der Waals surface area contributed by atoms with E-state index in [0.717, 1.165) is 6.54 Å². The zero-order chi connectivity index (χ0) is 13.3. The van der Waals surface area contributed by atoms with Gasteiger partial charge in [-0.15, -0.1) is 11.3 Å². The molecular weight excluding hydrogens is 322 g/mol. The minimum atomic E-state index is 0.253. The Morgan fingerprint density at radius 2 is 2.21 bits per heavy atom. The van der Waals surface area contributed by atoms with Crippen molar-refractivity contribution in [2.24, 2.45) is 10.7 Å². The lowest BCUT2D eigenvalue weighted by atomic mass is 9.68. The van der Waals surface area contributed by atoms with Crippen LogP contribution in [-0.2, 0) is 5.41 Å². The maximum atomic E-state index is 5.99. The first-order valence-corrected chi connectivity index (χ1v) is 8.61. The summed E-state index contributed by atoms with van der Waals surface area (Å²) >= 11 is 5.39. The van der Waals surface area contributed by atoms with Crippen molar-refractivity contribution in [1.29, 1.82) is 0 Å². The smallest absolute Gasteiger partial charge is 0.188 e. The highest BCUT2D eigenvalue weighted by molar-refractivity contribution is 9.11. The van der Waals surface area contributed by atoms with Gasteiger partial charge >= 0.3 is 0 Å². The Balaban J connectivity index is 1.64. The fraction of sp³-hybridized carbons (Fsp3) is 0.643. The summed E-state index contributed by atoms with van der Waals surface area (Å²) in [6, 6.07) is 4.94. The zero-order valence-electron chi connectivity index (χ0n) is 11.0. The number of hydrogen-bond donors (Lipinski definition) is 2. The van der Waals surface area contributed by atoms with Crippen LogP contribution in [0.5, 0.6) is 0 Å². The molecule has 0 aliphatic heterocycles. The third kappa shape index (κ3) is 2.82. The minimum Gasteiger partial charge on any atom is -0.370 e. The van der Waals surface area contributed by atoms with Gasteiger partial charge in [-0.25, -0.2) is 0 Å². The van der Waals surface area contributed by atoms with Crippen molar-refractivity contribution in [3.05, 3.63) is 20.8 Å². The average molecular weight is 342 g/mol. The summed E-state index contributed by atoms with van der Waals surface area (Å²) in [6.45, 7) is 0.825. The Morgan fingerprint density at radius 3 is 2.68 bits per heavy atom. The van der Waals surface area contributed by atoms with Gasteiger partial charge in [0.15, 0.2) is 5.96 Å². The highest BCUT2D eigenvalue weighted by Crippen LogP contribution is 2.47. The summed E-state index contributed by atoms with van der Waals surface area (Å²) in [4.78, 5) is 6.05. The molecule has 2 aliphatic rings. The van der Waals surface area contributed by atoms with Crippen LogP contribution < -0.4 is 11.1 Å². The molecular formula is C14H20BrN3S. The maximum Gasteiger partial charge on any atom is 0.188 e. The van der Waals surface area contributed by atoms with E-state index in [-0.39, 0.29) is 5.41 Å². The molecule has 2 saturated carbocycles. The number of thiophene rings is 1. The van der Waals surface area contributed by atoms with Gasteiger partial charge in [0.1, 0.15) is 0 Å². The molecule has 0 bridgehead atoms. The maximum absolute atomic E-state index is 5.99. The fourth-order valence-corrected chi connectivity index (χ4v) is 4.35. The molecule has 0 saturated heterocycles. The number of hydrogen-bond acceptors (Lipinski definition) is 2. The van der Waals surface area contributed by atoms with Crippen LogP contribution in [0.1, 0.15) is 43.4 Å². The molecule has 0 unspecified atom stereocenters. The summed E-state index contributed by atoms with van der Waals surface area (Å²) in [5, 5.41) is 3.32. The van der Waals surface area contributed by atoms with Crippen LogP contribution in [-0.4, -0.2) is 18.5 Å². The lowest BCUT2D eigenvalue weighted by Crippen LogP contribution is -2.45. The van der Waals surface area contributed by atoms with Gasteiger partial charge in [0.2, 0.25) is 0 Å². The molecule has 5 heteroatoms. The highest BCUT2D eigenvalue weighted by Gasteiger charge is 2.39. The molecule has 1 aromatic rings. The predicted molar refractivity (Wildman–Crippen MR) is 84.8 cm³/mol. The van der Waals surface area contributed by atoms with Crippen LogP contribution in [0.3, 0.4) is 0 Å². The Labute approximate surface area is 126 Å². The van der Waals surface area contributed by atoms with Gasteiger partial charge in [0, 0.05) is 16.3 Å². The van der Waals surface area contributed by atoms with E-state index < -0.39 is 0 Å². The number of nitrogens with one attached hydrogen (secondary N) is 1. The second-order valence-electron chi connectivity index (χ2n) is 5.71. The Hall–Kier alpha value is -0.550. The van der Waals surface area contributed by atoms with Crippen molar-refractivity contribution in [3.8, 4) is 0 Å². The topological polar surface area (TPSA) is 50.4 Å². The number of guanidine groups is 1. The lowest BCUT2D eigenvalue weighted by molar-refractivity contribution is 0.259. The van der Waals surface area contributed by atoms with Crippen molar-refractivity contribution in [2.45, 2.75) is 50.0 Å². The second-order valence-corrected chi connectivity index (χ2v) is 8.17. The summed E-state index contributed by atoms with van der Waals surface area (Å²) in [5.41, 5.74) is 6.24. The minimum absolute atomic E-state index is 0.253. The van der Waals surface area contributed by atoms with Crippen LogP contribution in [0.15, 0.2) is 20.9 Å². The molecule has 0 spiro atoms. The van der Waals surface area contributed by atoms with Gasteiger partial charge < -0.3 is 11.1 Å². The van der Waals surface area contributed by atoms with Crippen molar-refractivity contribution < 1.29 is 0 Å². The highest BCUT2D eigenvalue weighted by atomic mass is 79.9. The molecule has 3 nitrogen and oxygen atoms in total. The first kappa shape index (κ1) is 13.4. The van der Waals surface area contributed by atoms with Crippen LogP contribution >= 0.6 is 27.3 Å². The molecule has 19 heavy (non-hydrogen) atoms. The summed E-state index contributed by atoms with van der Waals surface area (Å²) < 4.78 is 1.21. The normalized spacial score (nSPS) is 22.7. The monoisotopic (exact) mass is 341 g/mol. The average Bonchev–Trinajstić information content (AvgIpc) is 2.69. The molecule has 1 aromatic heterocycles. The van der Waals surface area contributed by atoms with E-state index >= 15 is 0 Å². The first-order chi connectivity index (χ1) is 9.18. The summed E-state index contributed by atoms with van der Waals surface area (Å²) in [5.74, 6) is 0.631. The third-order valence-electron chi connectivity index (χ3n) is 4.42. The van der Waals surface area contributed by atoms with Gasteiger partial charge in [-0.2, -0.15) is 0 Å². The fourth-order valence-electron chi connectivity index (χ4n) is 2.73. The van der Waals surface area contributed by atoms with Gasteiger partial charge in [0.05, 0.1) is 10.3 Å². The van der Waals surface area contributed by atoms with E-state index in [1.165, 1.54) is 47.2 Å².